The zero-order chi connectivity index (χ0) is 17.9. The van der Waals surface area contributed by atoms with Gasteiger partial charge in [-0.05, 0) is 39.8 Å². The number of rotatable bonds is 10. The Morgan fingerprint density at radius 3 is 1.96 bits per heavy atom. The largest absolute Gasteiger partial charge is 0.490 e. The van der Waals surface area contributed by atoms with Crippen LogP contribution >= 0.6 is 0 Å². The standard InChI is InChI=1S/C18H26O6/c1-6-21-14-12-13(10-11-15(19)20-5)16(22-7-2)18(24-9-4)17(14)23-8-3/h10-12H,6-9H2,1-5H3. The fraction of sp³-hybridized carbons (Fsp3) is 0.500. The van der Waals surface area contributed by atoms with Gasteiger partial charge in [-0.3, -0.25) is 0 Å². The summed E-state index contributed by atoms with van der Waals surface area (Å²) in [6.45, 7) is 9.34. The van der Waals surface area contributed by atoms with Crippen molar-refractivity contribution in [2.24, 2.45) is 0 Å². The molecule has 0 heterocycles. The highest BCUT2D eigenvalue weighted by Crippen LogP contribution is 2.47. The third-order valence-corrected chi connectivity index (χ3v) is 2.95. The third-order valence-electron chi connectivity index (χ3n) is 2.95. The van der Waals surface area contributed by atoms with E-state index in [4.69, 9.17) is 18.9 Å². The predicted octanol–water partition coefficient (Wildman–Crippen LogP) is 3.47. The van der Waals surface area contributed by atoms with Crippen molar-refractivity contribution in [2.75, 3.05) is 33.5 Å². The van der Waals surface area contributed by atoms with E-state index in [0.717, 1.165) is 0 Å². The number of carbonyl (C=O) groups is 1. The molecule has 0 radical (unpaired) electrons. The van der Waals surface area contributed by atoms with Crippen molar-refractivity contribution in [2.45, 2.75) is 27.7 Å². The van der Waals surface area contributed by atoms with Crippen molar-refractivity contribution in [1.29, 1.82) is 0 Å². The van der Waals surface area contributed by atoms with E-state index in [2.05, 4.69) is 4.74 Å². The molecular weight excluding hydrogens is 312 g/mol. The van der Waals surface area contributed by atoms with Crippen LogP contribution in [0.2, 0.25) is 0 Å². The van der Waals surface area contributed by atoms with Gasteiger partial charge in [0.05, 0.1) is 33.5 Å². The van der Waals surface area contributed by atoms with Crippen LogP contribution in [0.15, 0.2) is 12.1 Å². The van der Waals surface area contributed by atoms with Gasteiger partial charge in [-0.15, -0.1) is 0 Å². The Morgan fingerprint density at radius 1 is 0.875 bits per heavy atom. The predicted molar refractivity (Wildman–Crippen MR) is 92.2 cm³/mol. The molecule has 0 aliphatic heterocycles. The number of hydrogen-bond donors (Lipinski definition) is 0. The molecular formula is C18H26O6. The quantitative estimate of drug-likeness (QED) is 0.481. The molecule has 6 heteroatoms. The smallest absolute Gasteiger partial charge is 0.330 e. The molecule has 0 saturated heterocycles. The van der Waals surface area contributed by atoms with Crippen molar-refractivity contribution >= 4 is 12.0 Å². The molecule has 1 aromatic rings. The monoisotopic (exact) mass is 338 g/mol. The molecule has 134 valence electrons. The molecule has 0 bridgehead atoms. The van der Waals surface area contributed by atoms with Crippen LogP contribution in [0.4, 0.5) is 0 Å². The highest BCUT2D eigenvalue weighted by atomic mass is 16.6. The Kier molecular flexibility index (Phi) is 8.54. The second-order valence-electron chi connectivity index (χ2n) is 4.54. The minimum atomic E-state index is -0.456. The van der Waals surface area contributed by atoms with Gasteiger partial charge in [0, 0.05) is 11.6 Å². The first-order chi connectivity index (χ1) is 11.6. The van der Waals surface area contributed by atoms with Crippen LogP contribution < -0.4 is 18.9 Å². The number of carbonyl (C=O) groups excluding carboxylic acids is 1. The third kappa shape index (κ3) is 5.08. The fourth-order valence-electron chi connectivity index (χ4n) is 2.08. The summed E-state index contributed by atoms with van der Waals surface area (Å²) in [6, 6.07) is 1.77. The molecule has 6 nitrogen and oxygen atoms in total. The summed E-state index contributed by atoms with van der Waals surface area (Å²) in [7, 11) is 1.32. The van der Waals surface area contributed by atoms with Crippen molar-refractivity contribution < 1.29 is 28.5 Å². The molecule has 0 amide bonds. The van der Waals surface area contributed by atoms with Gasteiger partial charge in [0.1, 0.15) is 0 Å². The molecule has 0 fully saturated rings. The van der Waals surface area contributed by atoms with E-state index < -0.39 is 5.97 Å². The van der Waals surface area contributed by atoms with E-state index in [0.29, 0.717) is 55.0 Å². The zero-order valence-electron chi connectivity index (χ0n) is 15.0. The summed E-state index contributed by atoms with van der Waals surface area (Å²) in [5.41, 5.74) is 0.651. The maximum Gasteiger partial charge on any atom is 0.330 e. The number of methoxy groups -OCH3 is 1. The van der Waals surface area contributed by atoms with Crippen molar-refractivity contribution in [1.82, 2.24) is 0 Å². The van der Waals surface area contributed by atoms with Crippen LogP contribution in [0.5, 0.6) is 23.0 Å². The number of esters is 1. The van der Waals surface area contributed by atoms with Gasteiger partial charge in [0.15, 0.2) is 11.5 Å². The lowest BCUT2D eigenvalue weighted by Gasteiger charge is -2.20. The first kappa shape index (κ1) is 19.7. The second-order valence-corrected chi connectivity index (χ2v) is 4.54. The highest BCUT2D eigenvalue weighted by molar-refractivity contribution is 5.88. The molecule has 1 aromatic carbocycles. The molecule has 0 unspecified atom stereocenters. The van der Waals surface area contributed by atoms with Gasteiger partial charge in [-0.25, -0.2) is 4.79 Å². The van der Waals surface area contributed by atoms with E-state index in [1.54, 1.807) is 12.1 Å². The number of hydrogen-bond acceptors (Lipinski definition) is 6. The van der Waals surface area contributed by atoms with Gasteiger partial charge in [-0.2, -0.15) is 0 Å². The zero-order valence-corrected chi connectivity index (χ0v) is 15.0. The van der Waals surface area contributed by atoms with Gasteiger partial charge >= 0.3 is 5.97 Å². The second kappa shape index (κ2) is 10.4. The van der Waals surface area contributed by atoms with Crippen molar-refractivity contribution in [3.63, 3.8) is 0 Å². The molecule has 1 rings (SSSR count). The van der Waals surface area contributed by atoms with E-state index in [-0.39, 0.29) is 0 Å². The molecule has 0 aromatic heterocycles. The maximum atomic E-state index is 11.4. The average Bonchev–Trinajstić information content (AvgIpc) is 2.58. The summed E-state index contributed by atoms with van der Waals surface area (Å²) in [4.78, 5) is 11.4. The summed E-state index contributed by atoms with van der Waals surface area (Å²) in [6.07, 6.45) is 2.93. The lowest BCUT2D eigenvalue weighted by atomic mass is 10.1. The minimum absolute atomic E-state index is 0.440. The SMILES string of the molecule is CCOc1cc(C=CC(=O)OC)c(OCC)c(OCC)c1OCC. The van der Waals surface area contributed by atoms with Gasteiger partial charge < -0.3 is 23.7 Å². The van der Waals surface area contributed by atoms with Gasteiger partial charge in [-0.1, -0.05) is 0 Å². The molecule has 0 aliphatic rings. The normalized spacial score (nSPS) is 10.5. The van der Waals surface area contributed by atoms with E-state index in [9.17, 15) is 4.79 Å². The molecule has 0 N–H and O–H groups in total. The van der Waals surface area contributed by atoms with Crippen molar-refractivity contribution in [3.8, 4) is 23.0 Å². The van der Waals surface area contributed by atoms with Crippen LogP contribution in [-0.4, -0.2) is 39.5 Å². The van der Waals surface area contributed by atoms with Gasteiger partial charge in [0.25, 0.3) is 0 Å². The van der Waals surface area contributed by atoms with E-state index >= 15 is 0 Å². The summed E-state index contributed by atoms with van der Waals surface area (Å²) in [5.74, 6) is 1.56. The fourth-order valence-corrected chi connectivity index (χ4v) is 2.08. The Morgan fingerprint density at radius 2 is 1.42 bits per heavy atom. The van der Waals surface area contributed by atoms with E-state index in [1.165, 1.54) is 13.2 Å². The Balaban J connectivity index is 3.53. The molecule has 0 atom stereocenters. The summed E-state index contributed by atoms with van der Waals surface area (Å²) in [5, 5.41) is 0. The number of benzene rings is 1. The summed E-state index contributed by atoms with van der Waals surface area (Å²) < 4.78 is 27.5. The van der Waals surface area contributed by atoms with Gasteiger partial charge in [0.2, 0.25) is 11.5 Å². The molecule has 24 heavy (non-hydrogen) atoms. The van der Waals surface area contributed by atoms with Crippen LogP contribution in [0.1, 0.15) is 33.3 Å². The average molecular weight is 338 g/mol. The molecule has 0 aliphatic carbocycles. The molecule has 0 saturated carbocycles. The van der Waals surface area contributed by atoms with Crippen LogP contribution in [0.3, 0.4) is 0 Å². The highest BCUT2D eigenvalue weighted by Gasteiger charge is 2.22. The Labute approximate surface area is 143 Å². The van der Waals surface area contributed by atoms with E-state index in [1.807, 2.05) is 27.7 Å². The molecule has 0 spiro atoms. The van der Waals surface area contributed by atoms with Crippen LogP contribution in [0.25, 0.3) is 6.08 Å². The lowest BCUT2D eigenvalue weighted by molar-refractivity contribution is -0.134. The van der Waals surface area contributed by atoms with Crippen LogP contribution in [0, 0.1) is 0 Å². The lowest BCUT2D eigenvalue weighted by Crippen LogP contribution is -2.06. The topological polar surface area (TPSA) is 63.2 Å². The minimum Gasteiger partial charge on any atom is -0.490 e. The summed E-state index contributed by atoms with van der Waals surface area (Å²) >= 11 is 0. The Bertz CT molecular complexity index is 565. The van der Waals surface area contributed by atoms with Crippen molar-refractivity contribution in [3.05, 3.63) is 17.7 Å². The first-order valence-corrected chi connectivity index (χ1v) is 8.10. The van der Waals surface area contributed by atoms with Crippen LogP contribution in [-0.2, 0) is 9.53 Å². The first-order valence-electron chi connectivity index (χ1n) is 8.10. The number of ether oxygens (including phenoxy) is 5. The Hall–Kier alpha value is -2.37. The maximum absolute atomic E-state index is 11.4.